The number of methoxy groups -OCH3 is 1. The van der Waals surface area contributed by atoms with Gasteiger partial charge in [-0.2, -0.15) is 0 Å². The number of ether oxygens (including phenoxy) is 1. The first-order valence-corrected chi connectivity index (χ1v) is 6.68. The number of phenols is 1. The lowest BCUT2D eigenvalue weighted by Gasteiger charge is -2.10. The molecule has 0 aliphatic carbocycles. The minimum absolute atomic E-state index is 0.172. The zero-order valence-electron chi connectivity index (χ0n) is 10.2. The zero-order chi connectivity index (χ0) is 13.8. The van der Waals surface area contributed by atoms with Crippen molar-refractivity contribution in [3.05, 3.63) is 45.7 Å². The van der Waals surface area contributed by atoms with Gasteiger partial charge in [-0.3, -0.25) is 0 Å². The molecule has 0 spiro atoms. The number of nitrogens with zero attached hydrogens (tertiary/aromatic N) is 1. The monoisotopic (exact) mass is 342 g/mol. The van der Waals surface area contributed by atoms with Crippen molar-refractivity contribution in [2.45, 2.75) is 6.54 Å². The van der Waals surface area contributed by atoms with Gasteiger partial charge < -0.3 is 15.2 Å². The van der Waals surface area contributed by atoms with Crippen molar-refractivity contribution < 1.29 is 9.84 Å². The van der Waals surface area contributed by atoms with Gasteiger partial charge >= 0.3 is 0 Å². The molecule has 1 aromatic carbocycles. The molecule has 2 aromatic rings. The summed E-state index contributed by atoms with van der Waals surface area (Å²) in [5.74, 6) is 0.786. The standard InChI is InChI=1S/C13H12BrClN2O2/c1-19-10-3-2-8(12(18)5-10)6-16-11-4-9(14)7-17-13(11)15/h2-5,7,16,18H,6H2,1H3. The van der Waals surface area contributed by atoms with Crippen molar-refractivity contribution in [1.82, 2.24) is 4.98 Å². The second-order valence-corrected chi connectivity index (χ2v) is 5.11. The molecule has 0 saturated carbocycles. The maximum absolute atomic E-state index is 9.85. The first-order chi connectivity index (χ1) is 9.10. The van der Waals surface area contributed by atoms with E-state index in [1.54, 1.807) is 31.5 Å². The molecule has 6 heteroatoms. The quantitative estimate of drug-likeness (QED) is 0.829. The molecule has 2 rings (SSSR count). The minimum atomic E-state index is 0.172. The van der Waals surface area contributed by atoms with Gasteiger partial charge in [-0.05, 0) is 34.1 Å². The number of anilines is 1. The topological polar surface area (TPSA) is 54.4 Å². The van der Waals surface area contributed by atoms with E-state index < -0.39 is 0 Å². The van der Waals surface area contributed by atoms with Crippen LogP contribution in [0.1, 0.15) is 5.56 Å². The van der Waals surface area contributed by atoms with Gasteiger partial charge in [0, 0.05) is 28.8 Å². The molecular weight excluding hydrogens is 332 g/mol. The molecule has 4 nitrogen and oxygen atoms in total. The highest BCUT2D eigenvalue weighted by Gasteiger charge is 2.06. The van der Waals surface area contributed by atoms with Gasteiger partial charge in [0.25, 0.3) is 0 Å². The van der Waals surface area contributed by atoms with E-state index in [1.807, 2.05) is 6.07 Å². The summed E-state index contributed by atoms with van der Waals surface area (Å²) >= 11 is 9.30. The van der Waals surface area contributed by atoms with Gasteiger partial charge in [-0.25, -0.2) is 4.98 Å². The van der Waals surface area contributed by atoms with Crippen LogP contribution in [0.25, 0.3) is 0 Å². The van der Waals surface area contributed by atoms with Crippen molar-refractivity contribution in [3.8, 4) is 11.5 Å². The summed E-state index contributed by atoms with van der Waals surface area (Å²) in [6.45, 7) is 0.438. The molecule has 0 radical (unpaired) electrons. The number of phenolic OH excluding ortho intramolecular Hbond substituents is 1. The first-order valence-electron chi connectivity index (χ1n) is 5.51. The fourth-order valence-electron chi connectivity index (χ4n) is 1.56. The number of halogens is 2. The van der Waals surface area contributed by atoms with Crippen molar-refractivity contribution in [3.63, 3.8) is 0 Å². The smallest absolute Gasteiger partial charge is 0.152 e. The van der Waals surface area contributed by atoms with Crippen LogP contribution in [0.4, 0.5) is 5.69 Å². The number of benzene rings is 1. The van der Waals surface area contributed by atoms with Crippen LogP contribution >= 0.6 is 27.5 Å². The summed E-state index contributed by atoms with van der Waals surface area (Å²) in [5, 5.41) is 13.4. The third-order valence-corrected chi connectivity index (χ3v) is 3.30. The van der Waals surface area contributed by atoms with E-state index in [0.29, 0.717) is 23.1 Å². The Morgan fingerprint density at radius 1 is 1.42 bits per heavy atom. The molecule has 2 N–H and O–H groups in total. The summed E-state index contributed by atoms with van der Waals surface area (Å²) < 4.78 is 5.86. The maximum Gasteiger partial charge on any atom is 0.152 e. The minimum Gasteiger partial charge on any atom is -0.507 e. The average Bonchev–Trinajstić information content (AvgIpc) is 2.40. The highest BCUT2D eigenvalue weighted by Crippen LogP contribution is 2.27. The summed E-state index contributed by atoms with van der Waals surface area (Å²) in [5.41, 5.74) is 1.45. The van der Waals surface area contributed by atoms with Crippen LogP contribution in [0.15, 0.2) is 34.9 Å². The number of aromatic nitrogens is 1. The third-order valence-electron chi connectivity index (χ3n) is 2.57. The van der Waals surface area contributed by atoms with Crippen LogP contribution in [0.5, 0.6) is 11.5 Å². The maximum atomic E-state index is 9.85. The fourth-order valence-corrected chi connectivity index (χ4v) is 2.06. The molecule has 100 valence electrons. The second kappa shape index (κ2) is 6.12. The third kappa shape index (κ3) is 3.52. The Hall–Kier alpha value is -1.46. The van der Waals surface area contributed by atoms with Crippen LogP contribution in [-0.4, -0.2) is 17.2 Å². The van der Waals surface area contributed by atoms with Crippen LogP contribution in [0.3, 0.4) is 0 Å². The molecule has 19 heavy (non-hydrogen) atoms. The second-order valence-electron chi connectivity index (χ2n) is 3.84. The van der Waals surface area contributed by atoms with Crippen LogP contribution < -0.4 is 10.1 Å². The highest BCUT2D eigenvalue weighted by molar-refractivity contribution is 9.10. The summed E-state index contributed by atoms with van der Waals surface area (Å²) in [7, 11) is 1.56. The molecule has 0 aliphatic rings. The molecule has 1 heterocycles. The number of aromatic hydroxyl groups is 1. The lowest BCUT2D eigenvalue weighted by Crippen LogP contribution is -2.01. The fraction of sp³-hybridized carbons (Fsp3) is 0.154. The van der Waals surface area contributed by atoms with Gasteiger partial charge in [0.1, 0.15) is 11.5 Å². The van der Waals surface area contributed by atoms with E-state index in [4.69, 9.17) is 16.3 Å². The van der Waals surface area contributed by atoms with Gasteiger partial charge in [-0.1, -0.05) is 11.6 Å². The van der Waals surface area contributed by atoms with E-state index in [2.05, 4.69) is 26.2 Å². The molecule has 0 fully saturated rings. The number of rotatable bonds is 4. The van der Waals surface area contributed by atoms with Crippen LogP contribution in [0.2, 0.25) is 5.15 Å². The summed E-state index contributed by atoms with van der Waals surface area (Å²) in [4.78, 5) is 4.01. The Kier molecular flexibility index (Phi) is 4.50. The number of hydrogen-bond donors (Lipinski definition) is 2. The largest absolute Gasteiger partial charge is 0.507 e. The lowest BCUT2D eigenvalue weighted by atomic mass is 10.2. The Balaban J connectivity index is 2.12. The van der Waals surface area contributed by atoms with Crippen LogP contribution in [0, 0.1) is 0 Å². The average molecular weight is 344 g/mol. The van der Waals surface area contributed by atoms with Gasteiger partial charge in [0.05, 0.1) is 12.8 Å². The molecule has 0 aliphatic heterocycles. The molecule has 0 unspecified atom stereocenters. The van der Waals surface area contributed by atoms with Gasteiger partial charge in [0.15, 0.2) is 5.15 Å². The van der Waals surface area contributed by atoms with Crippen molar-refractivity contribution in [1.29, 1.82) is 0 Å². The normalized spacial score (nSPS) is 10.3. The first kappa shape index (κ1) is 14.0. The van der Waals surface area contributed by atoms with Crippen LogP contribution in [-0.2, 0) is 6.54 Å². The Bertz CT molecular complexity index is 593. The van der Waals surface area contributed by atoms with Crippen molar-refractivity contribution in [2.75, 3.05) is 12.4 Å². The van der Waals surface area contributed by atoms with E-state index in [0.717, 1.165) is 10.0 Å². The Morgan fingerprint density at radius 2 is 2.21 bits per heavy atom. The van der Waals surface area contributed by atoms with Gasteiger partial charge in [-0.15, -0.1) is 0 Å². The molecule has 0 amide bonds. The van der Waals surface area contributed by atoms with E-state index >= 15 is 0 Å². The van der Waals surface area contributed by atoms with E-state index in [1.165, 1.54) is 0 Å². The zero-order valence-corrected chi connectivity index (χ0v) is 12.5. The number of hydrogen-bond acceptors (Lipinski definition) is 4. The Labute approximate surface area is 124 Å². The number of pyridine rings is 1. The van der Waals surface area contributed by atoms with E-state index in [-0.39, 0.29) is 5.75 Å². The predicted molar refractivity (Wildman–Crippen MR) is 78.9 cm³/mol. The molecular formula is C13H12BrClN2O2. The van der Waals surface area contributed by atoms with E-state index in [9.17, 15) is 5.11 Å². The molecule has 0 bridgehead atoms. The Morgan fingerprint density at radius 3 is 2.89 bits per heavy atom. The molecule has 1 aromatic heterocycles. The van der Waals surface area contributed by atoms with Crippen molar-refractivity contribution >= 4 is 33.2 Å². The van der Waals surface area contributed by atoms with Gasteiger partial charge in [0.2, 0.25) is 0 Å². The molecule has 0 saturated heterocycles. The SMILES string of the molecule is COc1ccc(CNc2cc(Br)cnc2Cl)c(O)c1. The number of nitrogens with one attached hydrogen (secondary N) is 1. The molecule has 0 atom stereocenters. The summed E-state index contributed by atoms with van der Waals surface area (Å²) in [6.07, 6.45) is 1.62. The summed E-state index contributed by atoms with van der Waals surface area (Å²) in [6, 6.07) is 6.98. The lowest BCUT2D eigenvalue weighted by molar-refractivity contribution is 0.406. The van der Waals surface area contributed by atoms with Crippen molar-refractivity contribution in [2.24, 2.45) is 0 Å². The highest BCUT2D eigenvalue weighted by atomic mass is 79.9. The predicted octanol–water partition coefficient (Wildman–Crippen LogP) is 3.82.